The van der Waals surface area contributed by atoms with Crippen LogP contribution in [0.5, 0.6) is 6.01 Å². The Bertz CT molecular complexity index is 1130. The molecule has 1 saturated carbocycles. The van der Waals surface area contributed by atoms with Crippen LogP contribution in [0.25, 0.3) is 10.9 Å². The zero-order chi connectivity index (χ0) is 23.1. The van der Waals surface area contributed by atoms with Gasteiger partial charge in [-0.1, -0.05) is 11.6 Å². The van der Waals surface area contributed by atoms with Gasteiger partial charge in [-0.2, -0.15) is 9.97 Å². The Morgan fingerprint density at radius 1 is 1.35 bits per heavy atom. The van der Waals surface area contributed by atoms with E-state index < -0.39 is 53.6 Å². The molecule has 2 aromatic rings. The van der Waals surface area contributed by atoms with Gasteiger partial charge in [-0.05, 0) is 19.4 Å². The highest BCUT2D eigenvalue weighted by atomic mass is 35.5. The minimum absolute atomic E-state index is 0.0126. The van der Waals surface area contributed by atoms with Crippen molar-refractivity contribution in [2.24, 2.45) is 0 Å². The summed E-state index contributed by atoms with van der Waals surface area (Å²) in [6.45, 7) is -1.09. The fraction of sp³-hybridized carbons (Fsp3) is 0.650. The summed E-state index contributed by atoms with van der Waals surface area (Å²) in [7, 11) is 0. The van der Waals surface area contributed by atoms with Gasteiger partial charge in [0.2, 0.25) is 0 Å². The van der Waals surface area contributed by atoms with E-state index in [0.717, 1.165) is 0 Å². The summed E-state index contributed by atoms with van der Waals surface area (Å²) in [5, 5.41) is -0.206. The van der Waals surface area contributed by atoms with Crippen molar-refractivity contribution in [3.05, 3.63) is 17.2 Å². The molecule has 0 N–H and O–H groups in total. The van der Waals surface area contributed by atoms with E-state index in [1.54, 1.807) is 9.80 Å². The lowest BCUT2D eigenvalue weighted by Gasteiger charge is -2.31. The Hall–Kier alpha value is -1.91. The van der Waals surface area contributed by atoms with E-state index in [1.165, 1.54) is 6.20 Å². The number of aromatic nitrogens is 3. The van der Waals surface area contributed by atoms with Gasteiger partial charge < -0.3 is 14.4 Å². The van der Waals surface area contributed by atoms with E-state index in [0.29, 0.717) is 25.9 Å². The largest absolute Gasteiger partial charge is 0.461 e. The van der Waals surface area contributed by atoms with Gasteiger partial charge in [0, 0.05) is 25.7 Å². The number of hydrogen-bond acceptors (Lipinski definition) is 7. The summed E-state index contributed by atoms with van der Waals surface area (Å²) in [5.41, 5.74) is -1.37. The molecule has 5 atom stereocenters. The lowest BCUT2D eigenvalue weighted by Crippen LogP contribution is -2.43. The molecule has 0 spiro atoms. The topological polar surface area (TPSA) is 63.6 Å². The maximum absolute atomic E-state index is 14.9. The number of halogens is 4. The summed E-state index contributed by atoms with van der Waals surface area (Å²) in [6, 6.07) is -1.02. The average Bonchev–Trinajstić information content (AvgIpc) is 3.09. The minimum atomic E-state index is -2.35. The Balaban J connectivity index is 1.43. The van der Waals surface area contributed by atoms with E-state index in [4.69, 9.17) is 23.8 Å². The van der Waals surface area contributed by atoms with Crippen molar-refractivity contribution in [3.8, 4) is 6.01 Å². The molecule has 6 rings (SSSR count). The molecule has 3 aliphatic heterocycles. The number of morpholine rings is 1. The first-order valence-corrected chi connectivity index (χ1v) is 10.7. The second-order valence-corrected chi connectivity index (χ2v) is 8.86. The Morgan fingerprint density at radius 3 is 3.10 bits per heavy atom. The van der Waals surface area contributed by atoms with Gasteiger partial charge >= 0.3 is 6.01 Å². The monoisotopic (exact) mass is 457 g/mol. The van der Waals surface area contributed by atoms with Crippen molar-refractivity contribution in [1.29, 1.82) is 0 Å². The van der Waals surface area contributed by atoms with Crippen LogP contribution in [0.3, 0.4) is 0 Å². The number of fused-ring (bicyclic) bond motifs is 3. The minimum Gasteiger partial charge on any atom is -0.461 e. The van der Waals surface area contributed by atoms with Crippen LogP contribution < -0.4 is 9.64 Å². The van der Waals surface area contributed by atoms with Crippen LogP contribution in [0.15, 0.2) is 6.20 Å². The summed E-state index contributed by atoms with van der Waals surface area (Å²) >= 11 is 5.86. The Labute approximate surface area is 184 Å². The van der Waals surface area contributed by atoms with Gasteiger partial charge in [0.15, 0.2) is 17.1 Å². The van der Waals surface area contributed by atoms with Crippen LogP contribution in [0.2, 0.25) is 5.15 Å². The summed E-state index contributed by atoms with van der Waals surface area (Å²) < 4.78 is 71.9. The number of pyridine rings is 1. The van der Waals surface area contributed by atoms with Crippen molar-refractivity contribution >= 4 is 28.3 Å². The summed E-state index contributed by atoms with van der Waals surface area (Å²) in [4.78, 5) is 15.7. The molecular formula is C20H21ClF3N5O2. The molecule has 31 heavy (non-hydrogen) atoms. The molecule has 166 valence electrons. The van der Waals surface area contributed by atoms with Crippen molar-refractivity contribution < 1.29 is 25.4 Å². The molecule has 1 aliphatic carbocycles. The highest BCUT2D eigenvalue weighted by Crippen LogP contribution is 2.43. The highest BCUT2D eigenvalue weighted by molar-refractivity contribution is 6.30. The molecule has 0 aromatic carbocycles. The normalized spacial score (nSPS) is 36.2. The van der Waals surface area contributed by atoms with Crippen molar-refractivity contribution in [3.63, 3.8) is 0 Å². The van der Waals surface area contributed by atoms with Crippen LogP contribution in [0.1, 0.15) is 22.0 Å². The molecule has 1 unspecified atom stereocenters. The van der Waals surface area contributed by atoms with Crippen LogP contribution in [-0.4, -0.2) is 82.7 Å². The van der Waals surface area contributed by atoms with E-state index >= 15 is 0 Å². The van der Waals surface area contributed by atoms with Gasteiger partial charge in [0.1, 0.15) is 30.2 Å². The number of rotatable bonds is 4. The van der Waals surface area contributed by atoms with Crippen LogP contribution in [-0.2, 0) is 4.74 Å². The molecule has 4 fully saturated rings. The lowest BCUT2D eigenvalue weighted by molar-refractivity contribution is 0.0912. The van der Waals surface area contributed by atoms with Crippen molar-refractivity contribution in [2.45, 2.75) is 49.3 Å². The third kappa shape index (κ3) is 3.06. The molecular weight excluding hydrogens is 435 g/mol. The molecule has 3 saturated heterocycles. The fourth-order valence-corrected chi connectivity index (χ4v) is 5.26. The van der Waals surface area contributed by atoms with Crippen LogP contribution in [0, 0.1) is 5.82 Å². The SMILES string of the molecule is [2H]C([2H])(Oc1nc(N2CCO[C@@H]3C2[C@H]3F)c2cnc(Cl)c(F)c2n1)[C@@]12CCCN1C[C@H](F)C2. The first kappa shape index (κ1) is 17.6. The van der Waals surface area contributed by atoms with Gasteiger partial charge in [-0.3, -0.25) is 4.90 Å². The standard InChI is InChI=1S/C20H21ClF3N5O2/c21-17-12(23)14-11(7-25-17)18(29-4-5-30-16-13(24)15(16)29)27-19(26-14)31-9-20-2-1-3-28(20)8-10(22)6-20/h7,10,13,15-16H,1-6,8-9H2/t10-,13-,15?,16+,20+/m1/s1/i9D2. The molecule has 2 aromatic heterocycles. The van der Waals surface area contributed by atoms with Crippen molar-refractivity contribution in [1.82, 2.24) is 19.9 Å². The molecule has 0 bridgehead atoms. The number of hydrogen-bond donors (Lipinski definition) is 0. The molecule has 11 heteroatoms. The van der Waals surface area contributed by atoms with E-state index in [9.17, 15) is 13.2 Å². The number of alkyl halides is 2. The molecule has 7 nitrogen and oxygen atoms in total. The highest BCUT2D eigenvalue weighted by Gasteiger charge is 2.59. The Kier molecular flexibility index (Phi) is 4.01. The third-order valence-electron chi connectivity index (χ3n) is 6.64. The fourth-order valence-electron chi connectivity index (χ4n) is 5.12. The first-order valence-electron chi connectivity index (χ1n) is 11.3. The first-order chi connectivity index (χ1) is 15.7. The number of nitrogens with zero attached hydrogens (tertiary/aromatic N) is 5. The van der Waals surface area contributed by atoms with E-state index in [2.05, 4.69) is 15.0 Å². The zero-order valence-electron chi connectivity index (χ0n) is 18.4. The molecule has 0 radical (unpaired) electrons. The molecule has 5 heterocycles. The van der Waals surface area contributed by atoms with E-state index in [1.807, 2.05) is 0 Å². The predicted octanol–water partition coefficient (Wildman–Crippen LogP) is 2.70. The maximum atomic E-state index is 14.9. The average molecular weight is 458 g/mol. The second kappa shape index (κ2) is 7.05. The molecule has 4 aliphatic rings. The van der Waals surface area contributed by atoms with E-state index in [-0.39, 0.29) is 36.3 Å². The predicted molar refractivity (Wildman–Crippen MR) is 107 cm³/mol. The quantitative estimate of drug-likeness (QED) is 0.654. The van der Waals surface area contributed by atoms with Gasteiger partial charge in [0.25, 0.3) is 0 Å². The Morgan fingerprint density at radius 2 is 2.23 bits per heavy atom. The van der Waals surface area contributed by atoms with Gasteiger partial charge in [0.05, 0.1) is 26.3 Å². The van der Waals surface area contributed by atoms with Crippen LogP contribution in [0.4, 0.5) is 19.0 Å². The lowest BCUT2D eigenvalue weighted by atomic mass is 9.95. The smallest absolute Gasteiger partial charge is 0.319 e. The molecule has 0 amide bonds. The van der Waals surface area contributed by atoms with Crippen molar-refractivity contribution in [2.75, 3.05) is 37.7 Å². The zero-order valence-corrected chi connectivity index (χ0v) is 17.2. The number of anilines is 1. The third-order valence-corrected chi connectivity index (χ3v) is 6.91. The second-order valence-electron chi connectivity index (χ2n) is 8.51. The van der Waals surface area contributed by atoms with Gasteiger partial charge in [-0.25, -0.2) is 18.2 Å². The van der Waals surface area contributed by atoms with Crippen LogP contribution >= 0.6 is 11.6 Å². The summed E-state index contributed by atoms with van der Waals surface area (Å²) in [5.74, 6) is -0.742. The van der Waals surface area contributed by atoms with Gasteiger partial charge in [-0.15, -0.1) is 0 Å². The summed E-state index contributed by atoms with van der Waals surface area (Å²) in [6.07, 6.45) is -0.565. The number of ether oxygens (including phenoxy) is 2. The maximum Gasteiger partial charge on any atom is 0.319 e.